The van der Waals surface area contributed by atoms with Crippen molar-refractivity contribution < 1.29 is 4.74 Å². The van der Waals surface area contributed by atoms with Crippen LogP contribution in [0.4, 0.5) is 0 Å². The summed E-state index contributed by atoms with van der Waals surface area (Å²) in [6.07, 6.45) is 9.40. The van der Waals surface area contributed by atoms with Crippen molar-refractivity contribution >= 4 is 0 Å². The molecule has 2 nitrogen and oxygen atoms in total. The molecule has 0 aromatic heterocycles. The van der Waals surface area contributed by atoms with Crippen molar-refractivity contribution in [3.8, 4) is 11.8 Å². The van der Waals surface area contributed by atoms with Gasteiger partial charge in [0, 0.05) is 18.5 Å². The Labute approximate surface area is 110 Å². The van der Waals surface area contributed by atoms with Gasteiger partial charge in [0.2, 0.25) is 0 Å². The summed E-state index contributed by atoms with van der Waals surface area (Å²) in [7, 11) is 0. The number of allylic oxidation sites excluding steroid dienone is 2. The fourth-order valence-corrected chi connectivity index (χ4v) is 2.91. The van der Waals surface area contributed by atoms with Crippen LogP contribution in [0.5, 0.6) is 0 Å². The first-order chi connectivity index (χ1) is 8.92. The summed E-state index contributed by atoms with van der Waals surface area (Å²) in [5.41, 5.74) is 2.68. The van der Waals surface area contributed by atoms with Crippen LogP contribution in [-0.4, -0.2) is 31.1 Å². The van der Waals surface area contributed by atoms with Crippen molar-refractivity contribution in [3.05, 3.63) is 23.0 Å². The molecule has 0 aromatic carbocycles. The van der Waals surface area contributed by atoms with E-state index in [0.29, 0.717) is 0 Å². The van der Waals surface area contributed by atoms with E-state index in [1.54, 1.807) is 0 Å². The molecule has 96 valence electrons. The quantitative estimate of drug-likeness (QED) is 0.707. The second-order valence-corrected chi connectivity index (χ2v) is 5.35. The predicted molar refractivity (Wildman–Crippen MR) is 73.0 cm³/mol. The lowest BCUT2D eigenvalue weighted by atomic mass is 10.1. The van der Waals surface area contributed by atoms with E-state index >= 15 is 0 Å². The zero-order valence-corrected chi connectivity index (χ0v) is 11.0. The molecule has 2 heteroatoms. The zero-order chi connectivity index (χ0) is 12.2. The van der Waals surface area contributed by atoms with Gasteiger partial charge in [-0.15, -0.1) is 0 Å². The van der Waals surface area contributed by atoms with Gasteiger partial charge in [-0.3, -0.25) is 0 Å². The normalized spacial score (nSPS) is 23.7. The molecule has 1 fully saturated rings. The van der Waals surface area contributed by atoms with Crippen LogP contribution in [0.25, 0.3) is 0 Å². The van der Waals surface area contributed by atoms with Crippen LogP contribution in [0, 0.1) is 11.8 Å². The van der Waals surface area contributed by atoms with E-state index in [9.17, 15) is 0 Å². The Bertz CT molecular complexity index is 430. The topological polar surface area (TPSA) is 12.5 Å². The molecule has 0 aromatic rings. The molecule has 2 heterocycles. The highest BCUT2D eigenvalue weighted by molar-refractivity contribution is 5.42. The lowest BCUT2D eigenvalue weighted by Gasteiger charge is -2.26. The highest BCUT2D eigenvalue weighted by Crippen LogP contribution is 2.26. The van der Waals surface area contributed by atoms with Crippen LogP contribution in [0.15, 0.2) is 23.0 Å². The number of hydrogen-bond acceptors (Lipinski definition) is 2. The van der Waals surface area contributed by atoms with Gasteiger partial charge < -0.3 is 9.64 Å². The van der Waals surface area contributed by atoms with Gasteiger partial charge in [0.05, 0.1) is 13.0 Å². The summed E-state index contributed by atoms with van der Waals surface area (Å²) < 4.78 is 5.60. The fourth-order valence-electron chi connectivity index (χ4n) is 2.91. The molecule has 0 saturated carbocycles. The van der Waals surface area contributed by atoms with Gasteiger partial charge in [-0.25, -0.2) is 0 Å². The number of hydrogen-bond donors (Lipinski definition) is 0. The summed E-state index contributed by atoms with van der Waals surface area (Å²) in [6.45, 7) is 4.57. The fraction of sp³-hybridized carbons (Fsp3) is 0.625. The molecule has 1 aliphatic carbocycles. The third kappa shape index (κ3) is 2.79. The smallest absolute Gasteiger partial charge is 0.111 e. The number of rotatable bonds is 3. The maximum absolute atomic E-state index is 5.60. The Balaban J connectivity index is 1.59. The zero-order valence-electron chi connectivity index (χ0n) is 11.0. The molecular weight excluding hydrogens is 222 g/mol. The Morgan fingerprint density at radius 3 is 3.00 bits per heavy atom. The van der Waals surface area contributed by atoms with Crippen molar-refractivity contribution in [1.29, 1.82) is 0 Å². The number of nitrogens with zero attached hydrogens (tertiary/aromatic N) is 1. The van der Waals surface area contributed by atoms with E-state index in [-0.39, 0.29) is 0 Å². The Hall–Kier alpha value is -1.20. The van der Waals surface area contributed by atoms with Crippen LogP contribution >= 0.6 is 0 Å². The minimum absolute atomic E-state index is 0.805. The molecule has 1 saturated heterocycles. The van der Waals surface area contributed by atoms with Crippen molar-refractivity contribution in [3.63, 3.8) is 0 Å². The standard InChI is InChI=1S/C16H21NO/c1-2-9-17(10-3-1)11-7-14-5-4-6-16-15(13-14)8-12-18-16/h13H,1-3,6-12H2. The minimum Gasteiger partial charge on any atom is -0.496 e. The van der Waals surface area contributed by atoms with Crippen LogP contribution in [-0.2, 0) is 4.74 Å². The van der Waals surface area contributed by atoms with Gasteiger partial charge in [-0.1, -0.05) is 18.3 Å². The molecule has 0 amide bonds. The second kappa shape index (κ2) is 5.63. The average molecular weight is 243 g/mol. The molecule has 2 aliphatic heterocycles. The van der Waals surface area contributed by atoms with Crippen LogP contribution in [0.3, 0.4) is 0 Å². The number of piperidine rings is 1. The lowest BCUT2D eigenvalue weighted by molar-refractivity contribution is 0.232. The van der Waals surface area contributed by atoms with E-state index in [2.05, 4.69) is 22.8 Å². The lowest BCUT2D eigenvalue weighted by Crippen LogP contribution is -2.30. The Morgan fingerprint density at radius 2 is 2.11 bits per heavy atom. The first-order valence-electron chi connectivity index (χ1n) is 7.18. The van der Waals surface area contributed by atoms with Crippen molar-refractivity contribution in [1.82, 2.24) is 4.90 Å². The van der Waals surface area contributed by atoms with Gasteiger partial charge in [0.1, 0.15) is 5.76 Å². The molecule has 3 aliphatic rings. The van der Waals surface area contributed by atoms with Crippen LogP contribution in [0.2, 0.25) is 0 Å². The van der Waals surface area contributed by atoms with E-state index in [4.69, 9.17) is 4.74 Å². The van der Waals surface area contributed by atoms with Crippen molar-refractivity contribution in [2.24, 2.45) is 0 Å². The maximum Gasteiger partial charge on any atom is 0.111 e. The first-order valence-corrected chi connectivity index (χ1v) is 7.18. The van der Waals surface area contributed by atoms with E-state index in [1.807, 2.05) is 0 Å². The third-order valence-electron chi connectivity index (χ3n) is 4.00. The van der Waals surface area contributed by atoms with Gasteiger partial charge in [0.15, 0.2) is 0 Å². The van der Waals surface area contributed by atoms with Crippen molar-refractivity contribution in [2.45, 2.75) is 38.5 Å². The van der Waals surface area contributed by atoms with Crippen LogP contribution in [0.1, 0.15) is 38.5 Å². The van der Waals surface area contributed by atoms with Crippen LogP contribution < -0.4 is 0 Å². The van der Waals surface area contributed by atoms with E-state index < -0.39 is 0 Å². The molecule has 18 heavy (non-hydrogen) atoms. The molecule has 0 radical (unpaired) electrons. The van der Waals surface area contributed by atoms with Gasteiger partial charge in [-0.2, -0.15) is 0 Å². The SMILES string of the molecule is C1#CC(CCN2CCCCC2)=CC2=C(C1)OCC2. The molecule has 0 spiro atoms. The third-order valence-corrected chi connectivity index (χ3v) is 4.00. The highest BCUT2D eigenvalue weighted by Gasteiger charge is 2.16. The summed E-state index contributed by atoms with van der Waals surface area (Å²) in [5, 5.41) is 0. The van der Waals surface area contributed by atoms with E-state index in [0.717, 1.165) is 31.6 Å². The number of likely N-dealkylation sites (tertiary alicyclic amines) is 1. The van der Waals surface area contributed by atoms with E-state index in [1.165, 1.54) is 50.0 Å². The summed E-state index contributed by atoms with van der Waals surface area (Å²) >= 11 is 0. The minimum atomic E-state index is 0.805. The largest absolute Gasteiger partial charge is 0.496 e. The predicted octanol–water partition coefficient (Wildman–Crippen LogP) is 2.87. The summed E-state index contributed by atoms with van der Waals surface area (Å²) in [4.78, 5) is 2.58. The Morgan fingerprint density at radius 1 is 1.22 bits per heavy atom. The summed E-state index contributed by atoms with van der Waals surface area (Å²) in [5.74, 6) is 7.67. The maximum atomic E-state index is 5.60. The van der Waals surface area contributed by atoms with Gasteiger partial charge >= 0.3 is 0 Å². The molecule has 0 atom stereocenters. The average Bonchev–Trinajstić information content (AvgIpc) is 2.76. The first kappa shape index (κ1) is 11.9. The molecule has 0 bridgehead atoms. The van der Waals surface area contributed by atoms with Crippen molar-refractivity contribution in [2.75, 3.05) is 26.2 Å². The second-order valence-electron chi connectivity index (χ2n) is 5.35. The molecular formula is C16H21NO. The number of ether oxygens (including phenoxy) is 1. The van der Waals surface area contributed by atoms with Gasteiger partial charge in [0.25, 0.3) is 0 Å². The van der Waals surface area contributed by atoms with Gasteiger partial charge in [-0.05, 0) is 44.0 Å². The monoisotopic (exact) mass is 243 g/mol. The molecule has 0 N–H and O–H groups in total. The highest BCUT2D eigenvalue weighted by atomic mass is 16.5. The Kier molecular flexibility index (Phi) is 3.71. The molecule has 0 unspecified atom stereocenters. The summed E-state index contributed by atoms with van der Waals surface area (Å²) in [6, 6.07) is 0. The molecule has 3 rings (SSSR count).